The van der Waals surface area contributed by atoms with Crippen molar-refractivity contribution < 1.29 is 4.92 Å². The van der Waals surface area contributed by atoms with Crippen molar-refractivity contribution in [3.63, 3.8) is 0 Å². The van der Waals surface area contributed by atoms with Gasteiger partial charge in [0.2, 0.25) is 0 Å². The average molecular weight is 286 g/mol. The van der Waals surface area contributed by atoms with Gasteiger partial charge in [-0.05, 0) is 37.3 Å². The molecule has 21 heavy (non-hydrogen) atoms. The summed E-state index contributed by atoms with van der Waals surface area (Å²) in [5.74, 6) is 0.250. The molecule has 3 rings (SSSR count). The van der Waals surface area contributed by atoms with Gasteiger partial charge in [-0.25, -0.2) is 9.67 Å². The molecule has 0 saturated heterocycles. The highest BCUT2D eigenvalue weighted by molar-refractivity contribution is 5.98. The number of hydrogen-bond donors (Lipinski definition) is 2. The number of aryl methyl sites for hydroxylation is 2. The lowest BCUT2D eigenvalue weighted by molar-refractivity contribution is -0.384. The van der Waals surface area contributed by atoms with Crippen LogP contribution < -0.4 is 5.73 Å². The Labute approximate surface area is 120 Å². The average Bonchev–Trinajstić information content (AvgIpc) is 2.95. The van der Waals surface area contributed by atoms with E-state index < -0.39 is 4.92 Å². The molecule has 0 amide bonds. The van der Waals surface area contributed by atoms with Crippen molar-refractivity contribution in [3.05, 3.63) is 45.4 Å². The summed E-state index contributed by atoms with van der Waals surface area (Å²) in [5.41, 5.74) is 8.00. The zero-order chi connectivity index (χ0) is 15.0. The molecular weight excluding hydrogens is 272 g/mol. The number of nitrogens with two attached hydrogens (primary N) is 1. The number of fused-ring (bicyclic) bond motifs is 1. The molecule has 0 unspecified atom stereocenters. The fourth-order valence-electron chi connectivity index (χ4n) is 2.52. The minimum atomic E-state index is -0.519. The first kappa shape index (κ1) is 13.2. The van der Waals surface area contributed by atoms with Gasteiger partial charge in [-0.3, -0.25) is 15.5 Å². The maximum Gasteiger partial charge on any atom is 0.307 e. The van der Waals surface area contributed by atoms with Crippen LogP contribution in [0.1, 0.15) is 29.7 Å². The third-order valence-corrected chi connectivity index (χ3v) is 3.57. The summed E-state index contributed by atoms with van der Waals surface area (Å²) in [6, 6.07) is 1.85. The van der Waals surface area contributed by atoms with Gasteiger partial charge in [0.05, 0.1) is 10.5 Å². The first-order valence-electron chi connectivity index (χ1n) is 6.63. The zero-order valence-corrected chi connectivity index (χ0v) is 11.2. The molecular formula is C13H14N6O2. The van der Waals surface area contributed by atoms with Gasteiger partial charge in [-0.2, -0.15) is 5.10 Å². The molecule has 2 heterocycles. The van der Waals surface area contributed by atoms with Crippen LogP contribution >= 0.6 is 0 Å². The monoisotopic (exact) mass is 286 g/mol. The molecule has 3 N–H and O–H groups in total. The number of pyridine rings is 1. The van der Waals surface area contributed by atoms with Crippen molar-refractivity contribution in [2.45, 2.75) is 25.7 Å². The summed E-state index contributed by atoms with van der Waals surface area (Å²) >= 11 is 0. The number of amidine groups is 1. The molecule has 1 aliphatic rings. The highest BCUT2D eigenvalue weighted by Crippen LogP contribution is 2.24. The van der Waals surface area contributed by atoms with Crippen LogP contribution in [0.15, 0.2) is 18.5 Å². The molecule has 0 aromatic carbocycles. The van der Waals surface area contributed by atoms with Gasteiger partial charge in [0.25, 0.3) is 0 Å². The Morgan fingerprint density at radius 3 is 2.86 bits per heavy atom. The maximum absolute atomic E-state index is 10.8. The Hall–Kier alpha value is -2.77. The number of nitrogens with zero attached hydrogens (tertiary/aromatic N) is 4. The van der Waals surface area contributed by atoms with Gasteiger partial charge in [-0.1, -0.05) is 0 Å². The van der Waals surface area contributed by atoms with E-state index in [1.807, 2.05) is 6.07 Å². The molecule has 1 aliphatic carbocycles. The van der Waals surface area contributed by atoms with E-state index in [0.717, 1.165) is 43.1 Å². The number of hydrogen-bond acceptors (Lipinski definition) is 5. The van der Waals surface area contributed by atoms with E-state index in [1.54, 1.807) is 0 Å². The first-order valence-corrected chi connectivity index (χ1v) is 6.63. The van der Waals surface area contributed by atoms with E-state index in [4.69, 9.17) is 11.1 Å². The van der Waals surface area contributed by atoms with Crippen LogP contribution in [0.3, 0.4) is 0 Å². The summed E-state index contributed by atoms with van der Waals surface area (Å²) in [6.07, 6.45) is 6.39. The lowest BCUT2D eigenvalue weighted by atomic mass is 9.94. The van der Waals surface area contributed by atoms with Crippen LogP contribution in [-0.2, 0) is 12.8 Å². The van der Waals surface area contributed by atoms with Crippen LogP contribution in [0.25, 0.3) is 5.82 Å². The molecule has 0 radical (unpaired) electrons. The number of aromatic nitrogens is 3. The predicted octanol–water partition coefficient (Wildman–Crippen LogP) is 1.34. The van der Waals surface area contributed by atoms with E-state index in [2.05, 4.69) is 10.1 Å². The second-order valence-electron chi connectivity index (χ2n) is 4.99. The van der Waals surface area contributed by atoms with E-state index in [1.165, 1.54) is 10.9 Å². The minimum absolute atomic E-state index is 0.121. The number of rotatable bonds is 3. The smallest absolute Gasteiger partial charge is 0.307 e. The standard InChI is InChI=1S/C13H14N6O2/c14-12(15)10-5-8-3-1-2-4-11(8)17-13(10)18-7-9(6-16-18)19(20)21/h5-7H,1-4H2,(H3,14,15). The molecule has 2 aromatic rings. The van der Waals surface area contributed by atoms with E-state index >= 15 is 0 Å². The molecule has 0 bridgehead atoms. The summed E-state index contributed by atoms with van der Waals surface area (Å²) in [6.45, 7) is 0. The molecule has 8 nitrogen and oxygen atoms in total. The molecule has 8 heteroatoms. The molecule has 0 atom stereocenters. The minimum Gasteiger partial charge on any atom is -0.384 e. The summed E-state index contributed by atoms with van der Waals surface area (Å²) in [7, 11) is 0. The topological polar surface area (TPSA) is 124 Å². The zero-order valence-electron chi connectivity index (χ0n) is 11.2. The maximum atomic E-state index is 10.8. The fraction of sp³-hybridized carbons (Fsp3) is 0.308. The lowest BCUT2D eigenvalue weighted by Gasteiger charge is -2.18. The quantitative estimate of drug-likeness (QED) is 0.381. The summed E-state index contributed by atoms with van der Waals surface area (Å²) in [5, 5.41) is 22.4. The number of nitro groups is 1. The van der Waals surface area contributed by atoms with Crippen molar-refractivity contribution in [1.82, 2.24) is 14.8 Å². The summed E-state index contributed by atoms with van der Waals surface area (Å²) < 4.78 is 1.31. The van der Waals surface area contributed by atoms with Crippen molar-refractivity contribution >= 4 is 11.5 Å². The molecule has 0 fully saturated rings. The van der Waals surface area contributed by atoms with Gasteiger partial charge in [0.1, 0.15) is 18.2 Å². The molecule has 0 aliphatic heterocycles. The van der Waals surface area contributed by atoms with Crippen molar-refractivity contribution in [1.29, 1.82) is 5.41 Å². The number of nitrogens with one attached hydrogen (secondary N) is 1. The van der Waals surface area contributed by atoms with Crippen LogP contribution in [0.2, 0.25) is 0 Å². The highest BCUT2D eigenvalue weighted by Gasteiger charge is 2.19. The largest absolute Gasteiger partial charge is 0.384 e. The highest BCUT2D eigenvalue weighted by atomic mass is 16.6. The van der Waals surface area contributed by atoms with E-state index in [0.29, 0.717) is 11.4 Å². The molecule has 0 spiro atoms. The Kier molecular flexibility index (Phi) is 3.13. The third kappa shape index (κ3) is 2.35. The van der Waals surface area contributed by atoms with Crippen molar-refractivity contribution in [2.75, 3.05) is 0 Å². The van der Waals surface area contributed by atoms with Crippen LogP contribution in [0.5, 0.6) is 0 Å². The first-order chi connectivity index (χ1) is 10.1. The molecule has 0 saturated carbocycles. The van der Waals surface area contributed by atoms with Gasteiger partial charge in [0.15, 0.2) is 5.82 Å². The van der Waals surface area contributed by atoms with Crippen LogP contribution in [0, 0.1) is 15.5 Å². The van der Waals surface area contributed by atoms with Crippen LogP contribution in [-0.4, -0.2) is 25.5 Å². The summed E-state index contributed by atoms with van der Waals surface area (Å²) in [4.78, 5) is 14.8. The lowest BCUT2D eigenvalue weighted by Crippen LogP contribution is -2.19. The van der Waals surface area contributed by atoms with E-state index in [-0.39, 0.29) is 11.5 Å². The molecule has 108 valence electrons. The predicted molar refractivity (Wildman–Crippen MR) is 75.7 cm³/mol. The second-order valence-corrected chi connectivity index (χ2v) is 4.99. The molecule has 2 aromatic heterocycles. The Morgan fingerprint density at radius 2 is 2.19 bits per heavy atom. The van der Waals surface area contributed by atoms with Crippen molar-refractivity contribution in [3.8, 4) is 5.82 Å². The van der Waals surface area contributed by atoms with Gasteiger partial charge >= 0.3 is 5.69 Å². The van der Waals surface area contributed by atoms with Crippen LogP contribution in [0.4, 0.5) is 5.69 Å². The number of nitrogen functional groups attached to an aromatic ring is 1. The Balaban J connectivity index is 2.15. The third-order valence-electron chi connectivity index (χ3n) is 3.57. The Morgan fingerprint density at radius 1 is 1.43 bits per heavy atom. The normalized spacial score (nSPS) is 13.7. The van der Waals surface area contributed by atoms with Gasteiger partial charge in [0, 0.05) is 5.69 Å². The fourth-order valence-corrected chi connectivity index (χ4v) is 2.52. The van der Waals surface area contributed by atoms with Gasteiger partial charge in [-0.15, -0.1) is 0 Å². The SMILES string of the molecule is N=C(N)c1cc2c(nc1-n1cc([N+](=O)[O-])cn1)CCCC2. The van der Waals surface area contributed by atoms with Crippen molar-refractivity contribution in [2.24, 2.45) is 5.73 Å². The Bertz CT molecular complexity index is 736. The van der Waals surface area contributed by atoms with E-state index in [9.17, 15) is 10.1 Å². The second kappa shape index (κ2) is 4.97. The van der Waals surface area contributed by atoms with Gasteiger partial charge < -0.3 is 5.73 Å².